The second-order valence-corrected chi connectivity index (χ2v) is 10.8. The molecular weight excluding hydrogens is 392 g/mol. The lowest BCUT2D eigenvalue weighted by Crippen LogP contribution is -2.38. The van der Waals surface area contributed by atoms with Gasteiger partial charge in [0.05, 0.1) is 10.5 Å². The lowest BCUT2D eigenvalue weighted by molar-refractivity contribution is 0.0693. The smallest absolute Gasteiger partial charge is 0.255 e. The summed E-state index contributed by atoms with van der Waals surface area (Å²) < 4.78 is 28.4. The number of sulfonamides is 1. The van der Waals surface area contributed by atoms with E-state index in [4.69, 9.17) is 0 Å². The summed E-state index contributed by atoms with van der Waals surface area (Å²) in [7, 11) is -3.61. The van der Waals surface area contributed by atoms with Crippen molar-refractivity contribution in [2.75, 3.05) is 25.9 Å². The number of benzene rings is 1. The molecule has 7 heteroatoms. The predicted octanol–water partition coefficient (Wildman–Crippen LogP) is 4.14. The van der Waals surface area contributed by atoms with E-state index in [2.05, 4.69) is 11.6 Å². The standard InChI is InChI=1S/C21H32N2O3S2/c1-16-10-12-23(13-11-16)21(24)19-14-18(8-9-20(19)27-2)28(25,26)22-15-17-6-4-3-5-7-17/h8-9,14,16-17,22H,3-7,10-13,15H2,1-2H3. The van der Waals surface area contributed by atoms with E-state index in [9.17, 15) is 13.2 Å². The van der Waals surface area contributed by atoms with Gasteiger partial charge in [-0.3, -0.25) is 4.79 Å². The highest BCUT2D eigenvalue weighted by molar-refractivity contribution is 7.98. The van der Waals surface area contributed by atoms with Gasteiger partial charge < -0.3 is 4.90 Å². The summed E-state index contributed by atoms with van der Waals surface area (Å²) >= 11 is 1.48. The Balaban J connectivity index is 1.76. The molecule has 3 rings (SSSR count). The molecule has 28 heavy (non-hydrogen) atoms. The van der Waals surface area contributed by atoms with Crippen LogP contribution in [0.1, 0.15) is 62.2 Å². The summed E-state index contributed by atoms with van der Waals surface area (Å²) in [5.74, 6) is 1.01. The summed E-state index contributed by atoms with van der Waals surface area (Å²) in [6.45, 7) is 4.18. The first-order chi connectivity index (χ1) is 13.4. The highest BCUT2D eigenvalue weighted by Crippen LogP contribution is 2.28. The van der Waals surface area contributed by atoms with Crippen LogP contribution < -0.4 is 4.72 Å². The zero-order chi connectivity index (χ0) is 20.1. The maximum Gasteiger partial charge on any atom is 0.255 e. The number of thioether (sulfide) groups is 1. The molecule has 1 aliphatic heterocycles. The van der Waals surface area contributed by atoms with Gasteiger partial charge in [-0.25, -0.2) is 13.1 Å². The van der Waals surface area contributed by atoms with Gasteiger partial charge in [0.2, 0.25) is 10.0 Å². The van der Waals surface area contributed by atoms with E-state index >= 15 is 0 Å². The molecule has 1 aliphatic carbocycles. The van der Waals surface area contributed by atoms with E-state index < -0.39 is 10.0 Å². The Hall–Kier alpha value is -1.05. The molecule has 1 N–H and O–H groups in total. The van der Waals surface area contributed by atoms with Gasteiger partial charge >= 0.3 is 0 Å². The van der Waals surface area contributed by atoms with E-state index in [1.54, 1.807) is 18.2 Å². The van der Waals surface area contributed by atoms with E-state index in [1.807, 2.05) is 11.2 Å². The highest BCUT2D eigenvalue weighted by Gasteiger charge is 2.26. The van der Waals surface area contributed by atoms with Crippen LogP contribution >= 0.6 is 11.8 Å². The third-order valence-electron chi connectivity index (χ3n) is 6.07. The minimum absolute atomic E-state index is 0.0550. The second kappa shape index (κ2) is 9.63. The number of nitrogens with zero attached hydrogens (tertiary/aromatic N) is 1. The summed E-state index contributed by atoms with van der Waals surface area (Å²) in [4.78, 5) is 15.9. The summed E-state index contributed by atoms with van der Waals surface area (Å²) in [5.41, 5.74) is 0.502. The van der Waals surface area contributed by atoms with Crippen LogP contribution in [-0.2, 0) is 10.0 Å². The van der Waals surface area contributed by atoms with Gasteiger partial charge in [0.15, 0.2) is 0 Å². The molecule has 0 spiro atoms. The van der Waals surface area contributed by atoms with Crippen molar-refractivity contribution in [3.05, 3.63) is 23.8 Å². The van der Waals surface area contributed by atoms with Crippen LogP contribution in [0.15, 0.2) is 28.0 Å². The van der Waals surface area contributed by atoms with Crippen LogP contribution in [0, 0.1) is 11.8 Å². The van der Waals surface area contributed by atoms with Crippen LogP contribution in [0.25, 0.3) is 0 Å². The Morgan fingerprint density at radius 3 is 2.46 bits per heavy atom. The molecule has 0 aromatic heterocycles. The van der Waals surface area contributed by atoms with E-state index in [0.29, 0.717) is 23.9 Å². The lowest BCUT2D eigenvalue weighted by atomic mass is 9.90. The molecule has 1 aromatic carbocycles. The van der Waals surface area contributed by atoms with Gasteiger partial charge in [0.25, 0.3) is 5.91 Å². The molecule has 5 nitrogen and oxygen atoms in total. The number of rotatable bonds is 6. The van der Waals surface area contributed by atoms with Crippen molar-refractivity contribution in [2.24, 2.45) is 11.8 Å². The molecule has 1 saturated heterocycles. The van der Waals surface area contributed by atoms with E-state index in [1.165, 1.54) is 31.0 Å². The number of piperidine rings is 1. The summed E-state index contributed by atoms with van der Waals surface area (Å²) in [6.07, 6.45) is 9.71. The van der Waals surface area contributed by atoms with Crippen LogP contribution in [-0.4, -0.2) is 45.1 Å². The molecule has 0 unspecified atom stereocenters. The molecule has 0 atom stereocenters. The molecule has 1 amide bonds. The van der Waals surface area contributed by atoms with Gasteiger partial charge in [-0.15, -0.1) is 11.8 Å². The Morgan fingerprint density at radius 1 is 1.14 bits per heavy atom. The SMILES string of the molecule is CSc1ccc(S(=O)(=O)NCC2CCCCC2)cc1C(=O)N1CCC(C)CC1. The van der Waals surface area contributed by atoms with Gasteiger partial charge in [0, 0.05) is 24.5 Å². The number of nitrogens with one attached hydrogen (secondary N) is 1. The van der Waals surface area contributed by atoms with Crippen molar-refractivity contribution in [2.45, 2.75) is 61.7 Å². The van der Waals surface area contributed by atoms with Crippen molar-refractivity contribution in [3.63, 3.8) is 0 Å². The minimum atomic E-state index is -3.61. The van der Waals surface area contributed by atoms with Crippen LogP contribution in [0.2, 0.25) is 0 Å². The van der Waals surface area contributed by atoms with Crippen LogP contribution in [0.5, 0.6) is 0 Å². The van der Waals surface area contributed by atoms with Crippen molar-refractivity contribution >= 4 is 27.7 Å². The topological polar surface area (TPSA) is 66.5 Å². The Labute approximate surface area is 173 Å². The number of carbonyl (C=O) groups excluding carboxylic acids is 1. The number of amides is 1. The molecule has 156 valence electrons. The van der Waals surface area contributed by atoms with Crippen molar-refractivity contribution < 1.29 is 13.2 Å². The quantitative estimate of drug-likeness (QED) is 0.697. The van der Waals surface area contributed by atoms with E-state index in [-0.39, 0.29) is 10.8 Å². The van der Waals surface area contributed by atoms with Crippen molar-refractivity contribution in [1.29, 1.82) is 0 Å². The first kappa shape index (κ1) is 21.7. The Bertz CT molecular complexity index is 781. The fourth-order valence-corrected chi connectivity index (χ4v) is 5.82. The van der Waals surface area contributed by atoms with Crippen LogP contribution in [0.3, 0.4) is 0 Å². The largest absolute Gasteiger partial charge is 0.339 e. The van der Waals surface area contributed by atoms with Gasteiger partial charge in [-0.1, -0.05) is 26.2 Å². The highest BCUT2D eigenvalue weighted by atomic mass is 32.2. The molecule has 1 saturated carbocycles. The molecule has 0 bridgehead atoms. The normalized spacial score (nSPS) is 19.7. The second-order valence-electron chi connectivity index (χ2n) is 8.19. The first-order valence-electron chi connectivity index (χ1n) is 10.4. The summed E-state index contributed by atoms with van der Waals surface area (Å²) in [6, 6.07) is 4.94. The number of carbonyl (C=O) groups is 1. The monoisotopic (exact) mass is 424 g/mol. The fraction of sp³-hybridized carbons (Fsp3) is 0.667. The summed E-state index contributed by atoms with van der Waals surface area (Å²) in [5, 5.41) is 0. The average molecular weight is 425 g/mol. The third kappa shape index (κ3) is 5.30. The van der Waals surface area contributed by atoms with Gasteiger partial charge in [0.1, 0.15) is 0 Å². The van der Waals surface area contributed by atoms with E-state index in [0.717, 1.165) is 43.7 Å². The molecule has 0 radical (unpaired) electrons. The zero-order valence-electron chi connectivity index (χ0n) is 16.9. The van der Waals surface area contributed by atoms with Crippen molar-refractivity contribution in [1.82, 2.24) is 9.62 Å². The number of likely N-dealkylation sites (tertiary alicyclic amines) is 1. The zero-order valence-corrected chi connectivity index (χ0v) is 18.6. The number of hydrogen-bond acceptors (Lipinski definition) is 4. The van der Waals surface area contributed by atoms with Crippen LogP contribution in [0.4, 0.5) is 0 Å². The third-order valence-corrected chi connectivity index (χ3v) is 8.29. The van der Waals surface area contributed by atoms with Gasteiger partial charge in [-0.2, -0.15) is 0 Å². The molecule has 2 aliphatic rings. The fourth-order valence-electron chi connectivity index (χ4n) is 4.11. The number of hydrogen-bond donors (Lipinski definition) is 1. The minimum Gasteiger partial charge on any atom is -0.339 e. The molecule has 1 heterocycles. The average Bonchev–Trinajstić information content (AvgIpc) is 2.72. The lowest BCUT2D eigenvalue weighted by Gasteiger charge is -2.31. The predicted molar refractivity (Wildman–Crippen MR) is 114 cm³/mol. The first-order valence-corrected chi connectivity index (χ1v) is 13.1. The molecule has 1 aromatic rings. The molecular formula is C21H32N2O3S2. The van der Waals surface area contributed by atoms with Crippen molar-refractivity contribution in [3.8, 4) is 0 Å². The van der Waals surface area contributed by atoms with Gasteiger partial charge in [-0.05, 0) is 62.0 Å². The Morgan fingerprint density at radius 2 is 1.82 bits per heavy atom. The Kier molecular flexibility index (Phi) is 7.45. The maximum absolute atomic E-state index is 13.1. The molecule has 2 fully saturated rings. The maximum atomic E-state index is 13.1.